The van der Waals surface area contributed by atoms with Crippen molar-refractivity contribution in [2.24, 2.45) is 0 Å². The highest BCUT2D eigenvalue weighted by molar-refractivity contribution is 5.72. The molecule has 8 nitrogen and oxygen atoms in total. The quantitative estimate of drug-likeness (QED) is 0.0221. The average molecular weight is 759 g/mol. The van der Waals surface area contributed by atoms with Crippen molar-refractivity contribution in [3.8, 4) is 0 Å². The normalized spacial score (nSPS) is 13.6. The molecule has 0 aromatic carbocycles. The van der Waals surface area contributed by atoms with E-state index in [1.54, 1.807) is 0 Å². The molecule has 0 fully saturated rings. The topological polar surface area (TPSA) is 99.1 Å². The highest BCUT2D eigenvalue weighted by Crippen LogP contribution is 2.12. The minimum absolute atomic E-state index is 0.0407. The van der Waals surface area contributed by atoms with Crippen molar-refractivity contribution in [2.75, 3.05) is 41.0 Å². The summed E-state index contributed by atoms with van der Waals surface area (Å²) in [7, 11) is 5.50. The van der Waals surface area contributed by atoms with Crippen molar-refractivity contribution in [1.82, 2.24) is 0 Å². The Morgan fingerprint density at radius 1 is 0.593 bits per heavy atom. The van der Waals surface area contributed by atoms with Gasteiger partial charge in [-0.1, -0.05) is 132 Å². The van der Waals surface area contributed by atoms with Gasteiger partial charge in [-0.2, -0.15) is 0 Å². The number of hydrogen-bond donors (Lipinski definition) is 1. The Hall–Kier alpha value is -2.97. The van der Waals surface area contributed by atoms with Crippen molar-refractivity contribution in [2.45, 2.75) is 174 Å². The van der Waals surface area contributed by atoms with E-state index in [1.807, 2.05) is 21.1 Å². The zero-order valence-electron chi connectivity index (χ0n) is 35.2. The van der Waals surface area contributed by atoms with Crippen molar-refractivity contribution in [3.63, 3.8) is 0 Å². The van der Waals surface area contributed by atoms with Crippen LogP contribution in [-0.2, 0) is 28.6 Å². The Morgan fingerprint density at radius 2 is 1.09 bits per heavy atom. The number of aliphatic carboxylic acids is 1. The van der Waals surface area contributed by atoms with Gasteiger partial charge in [-0.05, 0) is 70.6 Å². The molecular formula is C46H80NO7+. The number of likely N-dealkylation sites (N-methyl/N-ethyl adjacent to an activating group) is 1. The minimum atomic E-state index is -0.885. The highest BCUT2D eigenvalue weighted by Gasteiger charge is 2.31. The number of nitrogens with zero attached hydrogens (tertiary/aromatic N) is 1. The molecule has 0 rings (SSSR count). The lowest BCUT2D eigenvalue weighted by Crippen LogP contribution is -2.50. The number of quaternary nitrogens is 1. The number of rotatable bonds is 37. The van der Waals surface area contributed by atoms with Crippen LogP contribution in [0.2, 0.25) is 0 Å². The van der Waals surface area contributed by atoms with Crippen LogP contribution in [0.4, 0.5) is 0 Å². The van der Waals surface area contributed by atoms with E-state index < -0.39 is 18.1 Å². The molecule has 0 spiro atoms. The van der Waals surface area contributed by atoms with Gasteiger partial charge in [0, 0.05) is 19.3 Å². The van der Waals surface area contributed by atoms with E-state index in [0.717, 1.165) is 83.5 Å². The maximum absolute atomic E-state index is 12.7. The molecule has 0 radical (unpaired) electrons. The van der Waals surface area contributed by atoms with Crippen LogP contribution in [0.3, 0.4) is 0 Å². The molecule has 8 heteroatoms. The molecule has 0 aliphatic carbocycles. The smallest absolute Gasteiger partial charge is 0.362 e. The first-order valence-corrected chi connectivity index (χ1v) is 21.3. The average Bonchev–Trinajstić information content (AvgIpc) is 3.12. The predicted molar refractivity (Wildman–Crippen MR) is 224 cm³/mol. The Kier molecular flexibility index (Phi) is 34.9. The van der Waals surface area contributed by atoms with Crippen LogP contribution in [-0.4, -0.2) is 80.6 Å². The van der Waals surface area contributed by atoms with E-state index in [4.69, 9.17) is 14.2 Å². The highest BCUT2D eigenvalue weighted by atomic mass is 16.6. The van der Waals surface area contributed by atoms with Crippen LogP contribution in [0.15, 0.2) is 60.8 Å². The van der Waals surface area contributed by atoms with Crippen molar-refractivity contribution < 1.29 is 38.2 Å². The SMILES string of the molecule is CC/C=C/C/C=C/C/C=C/CCCCCCC(=O)OCC(COCCC(C(=O)O)[N+](C)(C)C)OC(=O)CCCCC/C=C/C=C/CCCCCCCCC. The second-order valence-electron chi connectivity index (χ2n) is 15.2. The first kappa shape index (κ1) is 51.0. The molecular weight excluding hydrogens is 679 g/mol. The molecule has 0 saturated heterocycles. The maximum atomic E-state index is 12.7. The lowest BCUT2D eigenvalue weighted by Gasteiger charge is -2.31. The van der Waals surface area contributed by atoms with Gasteiger partial charge >= 0.3 is 17.9 Å². The molecule has 0 aromatic heterocycles. The summed E-state index contributed by atoms with van der Waals surface area (Å²) in [5, 5.41) is 9.61. The van der Waals surface area contributed by atoms with E-state index in [9.17, 15) is 19.5 Å². The maximum Gasteiger partial charge on any atom is 0.362 e. The molecule has 0 heterocycles. The predicted octanol–water partition coefficient (Wildman–Crippen LogP) is 11.4. The summed E-state index contributed by atoms with van der Waals surface area (Å²) in [6.07, 6.45) is 44.1. The summed E-state index contributed by atoms with van der Waals surface area (Å²) in [6, 6.07) is -0.624. The summed E-state index contributed by atoms with van der Waals surface area (Å²) in [4.78, 5) is 36.9. The molecule has 54 heavy (non-hydrogen) atoms. The van der Waals surface area contributed by atoms with Gasteiger partial charge in [0.25, 0.3) is 0 Å². The molecule has 0 aliphatic heterocycles. The summed E-state index contributed by atoms with van der Waals surface area (Å²) >= 11 is 0. The molecule has 0 aromatic rings. The first-order valence-electron chi connectivity index (χ1n) is 21.3. The largest absolute Gasteiger partial charge is 0.477 e. The third-order valence-corrected chi connectivity index (χ3v) is 9.18. The fraction of sp³-hybridized carbons (Fsp3) is 0.717. The standard InChI is InChI=1S/C46H79NO7/c1-6-8-10-12-14-16-18-20-22-23-25-27-29-31-33-35-37-45(49)54-42(40-52-39-38-43(46(50)51)47(3,4)5)41-53-44(48)36-34-32-30-28-26-24-21-19-17-15-13-11-9-7-2/h9,11,15,17,21-25,27,42-43H,6-8,10,12-14,16,18-20,26,28-41H2,1-5H3/p+1/b11-9+,17-15+,23-22+,24-21+,27-25+. The molecule has 0 amide bonds. The molecule has 2 atom stereocenters. The number of unbranched alkanes of at least 4 members (excludes halogenated alkanes) is 14. The third-order valence-electron chi connectivity index (χ3n) is 9.18. The molecule has 0 aliphatic rings. The Bertz CT molecular complexity index is 1070. The number of allylic oxidation sites excluding steroid dienone is 10. The summed E-state index contributed by atoms with van der Waals surface area (Å²) in [5.41, 5.74) is 0. The van der Waals surface area contributed by atoms with Crippen molar-refractivity contribution in [1.29, 1.82) is 0 Å². The van der Waals surface area contributed by atoms with E-state index >= 15 is 0 Å². The minimum Gasteiger partial charge on any atom is -0.477 e. The number of carbonyl (C=O) groups is 3. The van der Waals surface area contributed by atoms with E-state index in [0.29, 0.717) is 12.8 Å². The van der Waals surface area contributed by atoms with E-state index in [1.165, 1.54) is 44.9 Å². The molecule has 2 unspecified atom stereocenters. The van der Waals surface area contributed by atoms with Crippen LogP contribution >= 0.6 is 0 Å². The van der Waals surface area contributed by atoms with Gasteiger partial charge in [-0.25, -0.2) is 4.79 Å². The molecule has 310 valence electrons. The second kappa shape index (κ2) is 37.0. The van der Waals surface area contributed by atoms with Gasteiger partial charge in [0.2, 0.25) is 0 Å². The van der Waals surface area contributed by atoms with Gasteiger partial charge in [-0.3, -0.25) is 9.59 Å². The number of hydrogen-bond acceptors (Lipinski definition) is 6. The second-order valence-corrected chi connectivity index (χ2v) is 15.2. The zero-order chi connectivity index (χ0) is 40.0. The monoisotopic (exact) mass is 759 g/mol. The van der Waals surface area contributed by atoms with E-state index in [2.05, 4.69) is 74.6 Å². The van der Waals surface area contributed by atoms with Gasteiger partial charge in [0.1, 0.15) is 6.61 Å². The lowest BCUT2D eigenvalue weighted by atomic mass is 10.1. The van der Waals surface area contributed by atoms with Gasteiger partial charge in [0.05, 0.1) is 34.4 Å². The first-order chi connectivity index (χ1) is 26.1. The Balaban J connectivity index is 4.46. The zero-order valence-corrected chi connectivity index (χ0v) is 35.2. The van der Waals surface area contributed by atoms with Gasteiger partial charge in [0.15, 0.2) is 12.1 Å². The summed E-state index contributed by atoms with van der Waals surface area (Å²) < 4.78 is 17.2. The van der Waals surface area contributed by atoms with E-state index in [-0.39, 0.29) is 42.7 Å². The van der Waals surface area contributed by atoms with Crippen LogP contribution in [0, 0.1) is 0 Å². The number of ether oxygens (including phenoxy) is 3. The third kappa shape index (κ3) is 34.8. The lowest BCUT2D eigenvalue weighted by molar-refractivity contribution is -0.887. The number of esters is 2. The van der Waals surface area contributed by atoms with Crippen LogP contribution in [0.25, 0.3) is 0 Å². The fourth-order valence-electron chi connectivity index (χ4n) is 5.86. The summed E-state index contributed by atoms with van der Waals surface area (Å²) in [6.45, 7) is 4.55. The Morgan fingerprint density at radius 3 is 1.67 bits per heavy atom. The molecule has 0 saturated carbocycles. The molecule has 1 N–H and O–H groups in total. The van der Waals surface area contributed by atoms with Crippen LogP contribution < -0.4 is 0 Å². The number of carboxylic acid groups (broad SMARTS) is 1. The number of carboxylic acids is 1. The van der Waals surface area contributed by atoms with Gasteiger partial charge in [-0.15, -0.1) is 0 Å². The number of carbonyl (C=O) groups excluding carboxylic acids is 2. The van der Waals surface area contributed by atoms with Crippen LogP contribution in [0.1, 0.15) is 162 Å². The van der Waals surface area contributed by atoms with Crippen molar-refractivity contribution in [3.05, 3.63) is 60.8 Å². The fourth-order valence-corrected chi connectivity index (χ4v) is 5.86. The van der Waals surface area contributed by atoms with Gasteiger partial charge < -0.3 is 23.8 Å². The van der Waals surface area contributed by atoms with Crippen molar-refractivity contribution >= 4 is 17.9 Å². The molecule has 0 bridgehead atoms. The Labute approximate surface area is 330 Å². The van der Waals surface area contributed by atoms with Crippen LogP contribution in [0.5, 0.6) is 0 Å². The summed E-state index contributed by atoms with van der Waals surface area (Å²) in [5.74, 6) is -1.54.